The van der Waals surface area contributed by atoms with Crippen molar-refractivity contribution in [3.8, 4) is 5.75 Å². The molecule has 0 N–H and O–H groups in total. The summed E-state index contributed by atoms with van der Waals surface area (Å²) in [4.78, 5) is 23.5. The van der Waals surface area contributed by atoms with Crippen molar-refractivity contribution in [3.63, 3.8) is 0 Å². The Morgan fingerprint density at radius 1 is 1.73 bits per heavy atom. The van der Waals surface area contributed by atoms with Gasteiger partial charge in [-0.25, -0.2) is 4.79 Å². The summed E-state index contributed by atoms with van der Waals surface area (Å²) < 4.78 is 10.7. The predicted octanol–water partition coefficient (Wildman–Crippen LogP) is 2.02. The Labute approximate surface area is 98.3 Å². The maximum atomic E-state index is 11.7. The standard InChI is InChI=1S/C9H7BrO4S/c1-2-13-9(12)7-5(11)8-6(14-7)4(10)3-15-8/h3,7H,2H2,1H3. The van der Waals surface area contributed by atoms with Gasteiger partial charge in [-0.2, -0.15) is 0 Å². The van der Waals surface area contributed by atoms with Gasteiger partial charge in [0.15, 0.2) is 5.75 Å². The molecule has 1 aliphatic heterocycles. The van der Waals surface area contributed by atoms with Crippen molar-refractivity contribution < 1.29 is 19.1 Å². The molecule has 2 heterocycles. The highest BCUT2D eigenvalue weighted by atomic mass is 79.9. The zero-order valence-corrected chi connectivity index (χ0v) is 10.2. The summed E-state index contributed by atoms with van der Waals surface area (Å²) in [5.41, 5.74) is 0. The monoisotopic (exact) mass is 290 g/mol. The lowest BCUT2D eigenvalue weighted by molar-refractivity contribution is -0.148. The highest BCUT2D eigenvalue weighted by Gasteiger charge is 2.41. The second kappa shape index (κ2) is 3.94. The molecule has 0 bridgehead atoms. The van der Waals surface area contributed by atoms with E-state index in [0.717, 1.165) is 0 Å². The third kappa shape index (κ3) is 1.68. The van der Waals surface area contributed by atoms with Gasteiger partial charge in [0.1, 0.15) is 4.88 Å². The molecular weight excluding hydrogens is 284 g/mol. The minimum Gasteiger partial charge on any atom is -0.467 e. The number of halogens is 1. The summed E-state index contributed by atoms with van der Waals surface area (Å²) in [6.07, 6.45) is -1.12. The van der Waals surface area contributed by atoms with Crippen molar-refractivity contribution >= 4 is 39.0 Å². The fourth-order valence-electron chi connectivity index (χ4n) is 1.27. The van der Waals surface area contributed by atoms with Gasteiger partial charge >= 0.3 is 5.97 Å². The van der Waals surface area contributed by atoms with Crippen LogP contribution < -0.4 is 4.74 Å². The number of esters is 1. The zero-order valence-electron chi connectivity index (χ0n) is 7.78. The van der Waals surface area contributed by atoms with Crippen LogP contribution in [0.4, 0.5) is 0 Å². The molecule has 80 valence electrons. The minimum atomic E-state index is -1.12. The summed E-state index contributed by atoms with van der Waals surface area (Å²) in [5, 5.41) is 1.75. The highest BCUT2D eigenvalue weighted by molar-refractivity contribution is 9.10. The van der Waals surface area contributed by atoms with Gasteiger partial charge in [0.05, 0.1) is 11.1 Å². The molecule has 4 nitrogen and oxygen atoms in total. The molecule has 0 aromatic carbocycles. The van der Waals surface area contributed by atoms with Crippen molar-refractivity contribution in [2.75, 3.05) is 6.61 Å². The first kappa shape index (κ1) is 10.6. The SMILES string of the molecule is CCOC(=O)C1Oc2c(Br)csc2C1=O. The van der Waals surface area contributed by atoms with Crippen LogP contribution in [0.1, 0.15) is 16.6 Å². The molecule has 1 aromatic rings. The molecule has 0 radical (unpaired) electrons. The van der Waals surface area contributed by atoms with Gasteiger partial charge in [-0.15, -0.1) is 11.3 Å². The Bertz CT molecular complexity index is 426. The van der Waals surface area contributed by atoms with Crippen LogP contribution in [0.25, 0.3) is 0 Å². The maximum Gasteiger partial charge on any atom is 0.355 e. The topological polar surface area (TPSA) is 52.6 Å². The first-order valence-corrected chi connectivity index (χ1v) is 5.97. The van der Waals surface area contributed by atoms with E-state index in [1.54, 1.807) is 12.3 Å². The lowest BCUT2D eigenvalue weighted by Gasteiger charge is -2.07. The van der Waals surface area contributed by atoms with Crippen LogP contribution in [-0.4, -0.2) is 24.5 Å². The number of rotatable bonds is 2. The van der Waals surface area contributed by atoms with Gasteiger partial charge in [-0.3, -0.25) is 4.79 Å². The highest BCUT2D eigenvalue weighted by Crippen LogP contribution is 2.41. The Balaban J connectivity index is 2.23. The molecule has 6 heteroatoms. The average Bonchev–Trinajstić information content (AvgIpc) is 2.70. The smallest absolute Gasteiger partial charge is 0.355 e. The summed E-state index contributed by atoms with van der Waals surface area (Å²) >= 11 is 4.50. The van der Waals surface area contributed by atoms with Gasteiger partial charge < -0.3 is 9.47 Å². The molecule has 15 heavy (non-hydrogen) atoms. The van der Waals surface area contributed by atoms with Gasteiger partial charge in [-0.1, -0.05) is 0 Å². The third-order valence-electron chi connectivity index (χ3n) is 1.90. The Morgan fingerprint density at radius 3 is 3.07 bits per heavy atom. The lowest BCUT2D eigenvalue weighted by atomic mass is 10.2. The van der Waals surface area contributed by atoms with Gasteiger partial charge in [0, 0.05) is 5.38 Å². The minimum absolute atomic E-state index is 0.237. The Kier molecular flexibility index (Phi) is 2.79. The number of thiophene rings is 1. The van der Waals surface area contributed by atoms with Crippen molar-refractivity contribution in [1.29, 1.82) is 0 Å². The second-order valence-electron chi connectivity index (χ2n) is 2.86. The van der Waals surface area contributed by atoms with Gasteiger partial charge in [-0.05, 0) is 22.9 Å². The first-order chi connectivity index (χ1) is 7.15. The second-order valence-corrected chi connectivity index (χ2v) is 4.59. The van der Waals surface area contributed by atoms with E-state index in [4.69, 9.17) is 9.47 Å². The number of carbonyl (C=O) groups is 2. The van der Waals surface area contributed by atoms with Crippen molar-refractivity contribution in [3.05, 3.63) is 14.7 Å². The van der Waals surface area contributed by atoms with Crippen molar-refractivity contribution in [2.45, 2.75) is 13.0 Å². The number of Topliss-reactive ketones (excluding diaryl/α,β-unsaturated/α-hetero) is 1. The van der Waals surface area contributed by atoms with Crippen LogP contribution in [0, 0.1) is 0 Å². The molecule has 1 aromatic heterocycles. The van der Waals surface area contributed by atoms with Crippen LogP contribution >= 0.6 is 27.3 Å². The van der Waals surface area contributed by atoms with E-state index >= 15 is 0 Å². The molecule has 0 fully saturated rings. The summed E-state index contributed by atoms with van der Waals surface area (Å²) in [5.74, 6) is -0.500. The number of ketones is 1. The molecule has 0 saturated carbocycles. The van der Waals surface area contributed by atoms with E-state index in [1.165, 1.54) is 11.3 Å². The first-order valence-electron chi connectivity index (χ1n) is 4.29. The van der Waals surface area contributed by atoms with Crippen LogP contribution in [0.5, 0.6) is 5.75 Å². The van der Waals surface area contributed by atoms with Crippen LogP contribution in [0.15, 0.2) is 9.85 Å². The fraction of sp³-hybridized carbons (Fsp3) is 0.333. The van der Waals surface area contributed by atoms with Crippen LogP contribution in [-0.2, 0) is 9.53 Å². The van der Waals surface area contributed by atoms with Gasteiger partial charge in [0.25, 0.3) is 6.10 Å². The van der Waals surface area contributed by atoms with Gasteiger partial charge in [0.2, 0.25) is 5.78 Å². The summed E-state index contributed by atoms with van der Waals surface area (Å²) in [6, 6.07) is 0. The van der Waals surface area contributed by atoms with Crippen LogP contribution in [0.2, 0.25) is 0 Å². The predicted molar refractivity (Wildman–Crippen MR) is 57.4 cm³/mol. The number of hydrogen-bond donors (Lipinski definition) is 0. The molecule has 1 atom stereocenters. The number of carbonyl (C=O) groups excluding carboxylic acids is 2. The molecule has 1 aliphatic rings. The molecule has 0 spiro atoms. The molecule has 0 aliphatic carbocycles. The van der Waals surface area contributed by atoms with E-state index in [9.17, 15) is 9.59 Å². The summed E-state index contributed by atoms with van der Waals surface area (Å²) in [6.45, 7) is 1.92. The van der Waals surface area contributed by atoms with Crippen LogP contribution in [0.3, 0.4) is 0 Å². The van der Waals surface area contributed by atoms with E-state index < -0.39 is 12.1 Å². The molecule has 0 amide bonds. The number of hydrogen-bond acceptors (Lipinski definition) is 5. The number of ether oxygens (including phenoxy) is 2. The molecule has 1 unspecified atom stereocenters. The molecule has 0 saturated heterocycles. The van der Waals surface area contributed by atoms with E-state index in [1.807, 2.05) is 0 Å². The third-order valence-corrected chi connectivity index (χ3v) is 3.77. The van der Waals surface area contributed by atoms with Crippen molar-refractivity contribution in [1.82, 2.24) is 0 Å². The fourth-order valence-corrected chi connectivity index (χ4v) is 2.79. The van der Waals surface area contributed by atoms with Crippen molar-refractivity contribution in [2.24, 2.45) is 0 Å². The van der Waals surface area contributed by atoms with E-state index in [-0.39, 0.29) is 12.4 Å². The maximum absolute atomic E-state index is 11.7. The number of fused-ring (bicyclic) bond motifs is 1. The Hall–Kier alpha value is -0.880. The largest absolute Gasteiger partial charge is 0.467 e. The molecule has 2 rings (SSSR count). The van der Waals surface area contributed by atoms with E-state index in [0.29, 0.717) is 15.1 Å². The normalized spacial score (nSPS) is 18.5. The zero-order chi connectivity index (χ0) is 11.0. The van der Waals surface area contributed by atoms with E-state index in [2.05, 4.69) is 15.9 Å². The lowest BCUT2D eigenvalue weighted by Crippen LogP contribution is -2.32. The molecular formula is C9H7BrO4S. The average molecular weight is 291 g/mol. The summed E-state index contributed by atoms with van der Waals surface area (Å²) in [7, 11) is 0. The Morgan fingerprint density at radius 2 is 2.47 bits per heavy atom. The quantitative estimate of drug-likeness (QED) is 0.618.